The fourth-order valence-electron chi connectivity index (χ4n) is 2.60. The smallest absolute Gasteiger partial charge is 0.226 e. The quantitative estimate of drug-likeness (QED) is 0.262. The molecule has 0 aliphatic heterocycles. The van der Waals surface area contributed by atoms with Gasteiger partial charge in [0.05, 0.1) is 6.54 Å². The van der Waals surface area contributed by atoms with Gasteiger partial charge >= 0.3 is 0 Å². The number of benzene rings is 1. The molecule has 10 heteroatoms. The molecule has 1 heterocycles. The molecule has 0 aliphatic carbocycles. The molecular weight excluding hydrogens is 505 g/mol. The zero-order chi connectivity index (χ0) is 20.4. The van der Waals surface area contributed by atoms with Crippen molar-refractivity contribution in [3.05, 3.63) is 40.9 Å². The van der Waals surface area contributed by atoms with Crippen molar-refractivity contribution < 1.29 is 4.79 Å². The molecule has 0 saturated heterocycles. The van der Waals surface area contributed by atoms with Gasteiger partial charge in [0.1, 0.15) is 12.2 Å². The van der Waals surface area contributed by atoms with Gasteiger partial charge in [-0.1, -0.05) is 24.6 Å². The Morgan fingerprint density at radius 1 is 1.28 bits per heavy atom. The molecule has 0 saturated carbocycles. The first-order valence-corrected chi connectivity index (χ1v) is 9.86. The highest BCUT2D eigenvalue weighted by atomic mass is 127. The average molecular weight is 534 g/mol. The second-order valence-electron chi connectivity index (χ2n) is 6.19. The molecule has 160 valence electrons. The first kappa shape index (κ1) is 25.2. The minimum Gasteiger partial charge on any atom is -0.357 e. The second kappa shape index (κ2) is 13.4. The Bertz CT molecular complexity index is 810. The predicted molar refractivity (Wildman–Crippen MR) is 128 cm³/mol. The van der Waals surface area contributed by atoms with Gasteiger partial charge in [-0.2, -0.15) is 0 Å². The number of guanidine groups is 1. The summed E-state index contributed by atoms with van der Waals surface area (Å²) in [5.41, 5.74) is 1.59. The van der Waals surface area contributed by atoms with Gasteiger partial charge < -0.3 is 20.5 Å². The third-order valence-corrected chi connectivity index (χ3v) is 4.56. The number of anilines is 1. The van der Waals surface area contributed by atoms with Crippen LogP contribution in [0.1, 0.15) is 31.7 Å². The molecular formula is C19H29ClIN7O. The molecule has 1 aromatic heterocycles. The maximum atomic E-state index is 12.2. The topological polar surface area (TPSA) is 96.2 Å². The monoisotopic (exact) mass is 533 g/mol. The number of amides is 1. The predicted octanol–water partition coefficient (Wildman–Crippen LogP) is 3.00. The van der Waals surface area contributed by atoms with Gasteiger partial charge in [-0.05, 0) is 31.5 Å². The van der Waals surface area contributed by atoms with Crippen molar-refractivity contribution in [2.24, 2.45) is 4.99 Å². The second-order valence-corrected chi connectivity index (χ2v) is 6.60. The normalized spacial score (nSPS) is 11.0. The van der Waals surface area contributed by atoms with Crippen LogP contribution in [0.5, 0.6) is 0 Å². The number of carbonyl (C=O) groups excluding carboxylic acids is 1. The largest absolute Gasteiger partial charge is 0.357 e. The van der Waals surface area contributed by atoms with Crippen LogP contribution in [0.15, 0.2) is 29.5 Å². The lowest BCUT2D eigenvalue weighted by Gasteiger charge is -2.12. The summed E-state index contributed by atoms with van der Waals surface area (Å²) in [6.07, 6.45) is 2.86. The zero-order valence-electron chi connectivity index (χ0n) is 17.0. The van der Waals surface area contributed by atoms with Crippen LogP contribution in [0.3, 0.4) is 0 Å². The van der Waals surface area contributed by atoms with Crippen molar-refractivity contribution in [1.82, 2.24) is 25.4 Å². The summed E-state index contributed by atoms with van der Waals surface area (Å²) in [7, 11) is 0. The third kappa shape index (κ3) is 8.17. The van der Waals surface area contributed by atoms with E-state index in [1.165, 1.54) is 0 Å². The standard InChI is InChI=1S/C19H28ClN7O.HI/c1-4-17-26-24-13-27(17)12-11-23-19(21-5-2)22-10-9-18(28)25-16-8-6-7-15(20)14(16)3;/h6-8,13H,4-5,9-12H2,1-3H3,(H,25,28)(H2,21,22,23);1H. The minimum atomic E-state index is -0.0953. The number of aliphatic imine (C=N–C) groups is 1. The summed E-state index contributed by atoms with van der Waals surface area (Å²) in [4.78, 5) is 16.6. The van der Waals surface area contributed by atoms with Crippen LogP contribution in [0.4, 0.5) is 5.69 Å². The van der Waals surface area contributed by atoms with Crippen molar-refractivity contribution in [2.45, 2.75) is 40.2 Å². The Balaban J connectivity index is 0.00000420. The molecule has 0 bridgehead atoms. The SMILES string of the molecule is CCNC(=NCCC(=O)Nc1cccc(Cl)c1C)NCCn1cnnc1CC.I. The van der Waals surface area contributed by atoms with Crippen LogP contribution < -0.4 is 16.0 Å². The fourth-order valence-corrected chi connectivity index (χ4v) is 2.78. The van der Waals surface area contributed by atoms with Gasteiger partial charge in [0.15, 0.2) is 5.96 Å². The number of hydrogen-bond acceptors (Lipinski definition) is 4. The minimum absolute atomic E-state index is 0. The Labute approximate surface area is 193 Å². The number of aromatic nitrogens is 3. The van der Waals surface area contributed by atoms with Gasteiger partial charge in [0.25, 0.3) is 0 Å². The average Bonchev–Trinajstić information content (AvgIpc) is 3.13. The van der Waals surface area contributed by atoms with Crippen LogP contribution in [-0.4, -0.2) is 46.3 Å². The highest BCUT2D eigenvalue weighted by Gasteiger charge is 2.07. The van der Waals surface area contributed by atoms with Gasteiger partial charge in [-0.15, -0.1) is 34.2 Å². The van der Waals surface area contributed by atoms with Crippen LogP contribution in [0, 0.1) is 6.92 Å². The first-order valence-electron chi connectivity index (χ1n) is 9.49. The molecule has 0 aliphatic rings. The summed E-state index contributed by atoms with van der Waals surface area (Å²) in [6.45, 7) is 8.49. The highest BCUT2D eigenvalue weighted by molar-refractivity contribution is 14.0. The van der Waals surface area contributed by atoms with E-state index in [9.17, 15) is 4.79 Å². The number of halogens is 2. The van der Waals surface area contributed by atoms with Gasteiger partial charge in [0.2, 0.25) is 5.91 Å². The van der Waals surface area contributed by atoms with E-state index in [1.807, 2.05) is 30.5 Å². The summed E-state index contributed by atoms with van der Waals surface area (Å²) < 4.78 is 2.01. The van der Waals surface area contributed by atoms with Crippen molar-refractivity contribution in [2.75, 3.05) is 25.0 Å². The molecule has 1 amide bonds. The van der Waals surface area contributed by atoms with E-state index in [-0.39, 0.29) is 36.3 Å². The lowest BCUT2D eigenvalue weighted by atomic mass is 10.2. The number of rotatable bonds is 9. The van der Waals surface area contributed by atoms with Crippen molar-refractivity contribution in [3.8, 4) is 0 Å². The lowest BCUT2D eigenvalue weighted by Crippen LogP contribution is -2.39. The van der Waals surface area contributed by atoms with E-state index in [0.29, 0.717) is 24.1 Å². The molecule has 3 N–H and O–H groups in total. The van der Waals surface area contributed by atoms with Crippen molar-refractivity contribution in [3.63, 3.8) is 0 Å². The summed E-state index contributed by atoms with van der Waals surface area (Å²) >= 11 is 6.08. The van der Waals surface area contributed by atoms with Crippen LogP contribution in [0.2, 0.25) is 5.02 Å². The van der Waals surface area contributed by atoms with Gasteiger partial charge in [-0.25, -0.2) is 0 Å². The Morgan fingerprint density at radius 2 is 2.07 bits per heavy atom. The molecule has 0 spiro atoms. The molecule has 1 aromatic carbocycles. The van der Waals surface area contributed by atoms with Crippen LogP contribution in [0.25, 0.3) is 0 Å². The summed E-state index contributed by atoms with van der Waals surface area (Å²) in [5.74, 6) is 1.54. The molecule has 0 fully saturated rings. The Kier molecular flexibility index (Phi) is 11.6. The summed E-state index contributed by atoms with van der Waals surface area (Å²) in [6, 6.07) is 5.45. The van der Waals surface area contributed by atoms with Crippen LogP contribution >= 0.6 is 35.6 Å². The highest BCUT2D eigenvalue weighted by Crippen LogP contribution is 2.22. The molecule has 0 atom stereocenters. The lowest BCUT2D eigenvalue weighted by molar-refractivity contribution is -0.116. The number of carbonyl (C=O) groups is 1. The number of nitrogens with one attached hydrogen (secondary N) is 3. The van der Waals surface area contributed by atoms with Gasteiger partial charge in [0, 0.05) is 43.2 Å². The van der Waals surface area contributed by atoms with Crippen LogP contribution in [-0.2, 0) is 17.8 Å². The van der Waals surface area contributed by atoms with E-state index >= 15 is 0 Å². The Hall–Kier alpha value is -1.88. The van der Waals surface area contributed by atoms with E-state index in [2.05, 4.69) is 38.1 Å². The van der Waals surface area contributed by atoms with E-state index < -0.39 is 0 Å². The van der Waals surface area contributed by atoms with E-state index in [0.717, 1.165) is 36.6 Å². The maximum Gasteiger partial charge on any atom is 0.226 e. The molecule has 29 heavy (non-hydrogen) atoms. The Morgan fingerprint density at radius 3 is 2.79 bits per heavy atom. The molecule has 0 radical (unpaired) electrons. The molecule has 8 nitrogen and oxygen atoms in total. The maximum absolute atomic E-state index is 12.2. The van der Waals surface area contributed by atoms with E-state index in [1.54, 1.807) is 12.4 Å². The molecule has 0 unspecified atom stereocenters. The number of aryl methyl sites for hydroxylation is 1. The number of nitrogens with zero attached hydrogens (tertiary/aromatic N) is 4. The molecule has 2 rings (SSSR count). The van der Waals surface area contributed by atoms with E-state index in [4.69, 9.17) is 11.6 Å². The van der Waals surface area contributed by atoms with Gasteiger partial charge in [-0.3, -0.25) is 9.79 Å². The fraction of sp³-hybridized carbons (Fsp3) is 0.474. The first-order chi connectivity index (χ1) is 13.5. The summed E-state index contributed by atoms with van der Waals surface area (Å²) in [5, 5.41) is 18.0. The molecule has 2 aromatic rings. The number of hydrogen-bond donors (Lipinski definition) is 3. The third-order valence-electron chi connectivity index (χ3n) is 4.15. The zero-order valence-corrected chi connectivity index (χ0v) is 20.1. The van der Waals surface area contributed by atoms with Crippen molar-refractivity contribution in [1.29, 1.82) is 0 Å². The van der Waals surface area contributed by atoms with Crippen molar-refractivity contribution >= 4 is 53.1 Å².